The van der Waals surface area contributed by atoms with Crippen molar-refractivity contribution in [2.75, 3.05) is 7.11 Å². The molecule has 2 atom stereocenters. The summed E-state index contributed by atoms with van der Waals surface area (Å²) in [5.41, 5.74) is 5.20. The molecule has 5 nitrogen and oxygen atoms in total. The van der Waals surface area contributed by atoms with Crippen LogP contribution in [0.2, 0.25) is 0 Å². The minimum Gasteiger partial charge on any atom is -0.497 e. The lowest BCUT2D eigenvalue weighted by Gasteiger charge is -2.29. The SMILES string of the molecule is COc1ccc(Cc2cc3c(=O)n(C4CCCCC4O)cnc3c(C)c2C)cc1. The number of aliphatic hydroxyl groups is 1. The number of methoxy groups -OCH3 is 1. The molecule has 3 aromatic rings. The number of benzene rings is 2. The molecule has 2 aromatic carbocycles. The standard InChI is InChI=1S/C24H28N2O3/c1-15-16(2)23-20(13-18(15)12-17-8-10-19(29-3)11-9-17)24(28)26(14-25-23)21-6-4-5-7-22(21)27/h8-11,13-14,21-22,27H,4-7,12H2,1-3H3. The highest BCUT2D eigenvalue weighted by molar-refractivity contribution is 5.83. The van der Waals surface area contributed by atoms with E-state index in [1.165, 1.54) is 5.56 Å². The molecule has 1 aromatic heterocycles. The zero-order valence-electron chi connectivity index (χ0n) is 17.3. The fraction of sp³-hybridized carbons (Fsp3) is 0.417. The maximum absolute atomic E-state index is 13.3. The van der Waals surface area contributed by atoms with E-state index in [1.807, 2.05) is 25.1 Å². The number of aromatic nitrogens is 2. The first-order valence-electron chi connectivity index (χ1n) is 10.3. The first-order chi connectivity index (χ1) is 14.0. The Balaban J connectivity index is 1.78. The van der Waals surface area contributed by atoms with Crippen LogP contribution in [0, 0.1) is 13.8 Å². The van der Waals surface area contributed by atoms with E-state index in [0.717, 1.165) is 60.1 Å². The molecule has 2 unspecified atom stereocenters. The minimum atomic E-state index is -0.481. The lowest BCUT2D eigenvalue weighted by Crippen LogP contribution is -2.34. The van der Waals surface area contributed by atoms with Crippen LogP contribution in [-0.4, -0.2) is 27.9 Å². The van der Waals surface area contributed by atoms with Gasteiger partial charge in [-0.2, -0.15) is 0 Å². The van der Waals surface area contributed by atoms with Gasteiger partial charge >= 0.3 is 0 Å². The van der Waals surface area contributed by atoms with Gasteiger partial charge in [-0.05, 0) is 73.6 Å². The van der Waals surface area contributed by atoms with E-state index >= 15 is 0 Å². The summed E-state index contributed by atoms with van der Waals surface area (Å²) in [6, 6.07) is 9.83. The fourth-order valence-corrected chi connectivity index (χ4v) is 4.41. The molecule has 0 aliphatic heterocycles. The van der Waals surface area contributed by atoms with Gasteiger partial charge in [0.15, 0.2) is 0 Å². The molecule has 1 aliphatic rings. The van der Waals surface area contributed by atoms with Crippen LogP contribution < -0.4 is 10.3 Å². The van der Waals surface area contributed by atoms with E-state index in [2.05, 4.69) is 24.0 Å². The largest absolute Gasteiger partial charge is 0.497 e. The molecule has 1 N–H and O–H groups in total. The van der Waals surface area contributed by atoms with Gasteiger partial charge in [-0.25, -0.2) is 4.98 Å². The molecule has 1 saturated carbocycles. The predicted molar refractivity (Wildman–Crippen MR) is 115 cm³/mol. The van der Waals surface area contributed by atoms with Crippen LogP contribution in [0.3, 0.4) is 0 Å². The first-order valence-corrected chi connectivity index (χ1v) is 10.3. The van der Waals surface area contributed by atoms with E-state index in [1.54, 1.807) is 18.0 Å². The van der Waals surface area contributed by atoms with Crippen molar-refractivity contribution in [3.05, 3.63) is 69.3 Å². The smallest absolute Gasteiger partial charge is 0.261 e. The second-order valence-corrected chi connectivity index (χ2v) is 8.08. The summed E-state index contributed by atoms with van der Waals surface area (Å²) in [5, 5.41) is 11.0. The monoisotopic (exact) mass is 392 g/mol. The second-order valence-electron chi connectivity index (χ2n) is 8.08. The van der Waals surface area contributed by atoms with Crippen LogP contribution in [0.25, 0.3) is 10.9 Å². The molecule has 152 valence electrons. The van der Waals surface area contributed by atoms with Crippen molar-refractivity contribution >= 4 is 10.9 Å². The van der Waals surface area contributed by atoms with Crippen molar-refractivity contribution in [3.8, 4) is 5.75 Å². The van der Waals surface area contributed by atoms with Gasteiger partial charge < -0.3 is 9.84 Å². The summed E-state index contributed by atoms with van der Waals surface area (Å²) < 4.78 is 6.89. The van der Waals surface area contributed by atoms with Crippen LogP contribution in [0.4, 0.5) is 0 Å². The van der Waals surface area contributed by atoms with Gasteiger partial charge in [0.1, 0.15) is 5.75 Å². The predicted octanol–water partition coefficient (Wildman–Crippen LogP) is 4.09. The topological polar surface area (TPSA) is 64.3 Å². The Morgan fingerprint density at radius 3 is 2.55 bits per heavy atom. The molecule has 0 amide bonds. The molecule has 0 saturated heterocycles. The third kappa shape index (κ3) is 3.67. The second kappa shape index (κ2) is 7.99. The molecule has 4 rings (SSSR count). The maximum Gasteiger partial charge on any atom is 0.261 e. The van der Waals surface area contributed by atoms with Crippen LogP contribution in [-0.2, 0) is 6.42 Å². The summed E-state index contributed by atoms with van der Waals surface area (Å²) in [6.45, 7) is 4.12. The number of hydrogen-bond donors (Lipinski definition) is 1. The summed E-state index contributed by atoms with van der Waals surface area (Å²) in [7, 11) is 1.66. The number of rotatable bonds is 4. The van der Waals surface area contributed by atoms with Crippen molar-refractivity contribution < 1.29 is 9.84 Å². The van der Waals surface area contributed by atoms with Crippen molar-refractivity contribution in [2.45, 2.75) is 58.1 Å². The number of fused-ring (bicyclic) bond motifs is 1. The molecule has 0 bridgehead atoms. The number of aryl methyl sites for hydroxylation is 1. The normalized spacial score (nSPS) is 19.4. The highest BCUT2D eigenvalue weighted by atomic mass is 16.5. The highest BCUT2D eigenvalue weighted by Gasteiger charge is 2.26. The maximum atomic E-state index is 13.3. The van der Waals surface area contributed by atoms with Crippen molar-refractivity contribution in [1.82, 2.24) is 9.55 Å². The van der Waals surface area contributed by atoms with Crippen LogP contribution in [0.5, 0.6) is 5.75 Å². The van der Waals surface area contributed by atoms with Gasteiger partial charge in [0.2, 0.25) is 0 Å². The minimum absolute atomic E-state index is 0.0555. The van der Waals surface area contributed by atoms with Gasteiger partial charge in [-0.1, -0.05) is 25.0 Å². The summed E-state index contributed by atoms with van der Waals surface area (Å²) in [4.78, 5) is 17.9. The Morgan fingerprint density at radius 2 is 1.86 bits per heavy atom. The van der Waals surface area contributed by atoms with E-state index in [4.69, 9.17) is 4.74 Å². The summed E-state index contributed by atoms with van der Waals surface area (Å²) in [5.74, 6) is 0.832. The zero-order valence-corrected chi connectivity index (χ0v) is 17.3. The van der Waals surface area contributed by atoms with E-state index in [9.17, 15) is 9.90 Å². The lowest BCUT2D eigenvalue weighted by molar-refractivity contribution is 0.0735. The number of nitrogens with zero attached hydrogens (tertiary/aromatic N) is 2. The fourth-order valence-electron chi connectivity index (χ4n) is 4.41. The van der Waals surface area contributed by atoms with Crippen LogP contribution >= 0.6 is 0 Å². The summed E-state index contributed by atoms with van der Waals surface area (Å²) in [6.07, 6.45) is 5.49. The van der Waals surface area contributed by atoms with Crippen LogP contribution in [0.15, 0.2) is 41.5 Å². The Hall–Kier alpha value is -2.66. The Labute approximate surface area is 171 Å². The molecule has 1 heterocycles. The van der Waals surface area contributed by atoms with Crippen molar-refractivity contribution in [2.24, 2.45) is 0 Å². The molecule has 1 fully saturated rings. The molecule has 0 radical (unpaired) electrons. The average Bonchev–Trinajstić information content (AvgIpc) is 2.74. The van der Waals surface area contributed by atoms with Gasteiger partial charge in [0.25, 0.3) is 5.56 Å². The van der Waals surface area contributed by atoms with Gasteiger partial charge in [-0.3, -0.25) is 9.36 Å². The van der Waals surface area contributed by atoms with Crippen molar-refractivity contribution in [3.63, 3.8) is 0 Å². The quantitative estimate of drug-likeness (QED) is 0.726. The van der Waals surface area contributed by atoms with E-state index < -0.39 is 6.10 Å². The van der Waals surface area contributed by atoms with Gasteiger partial charge in [0.05, 0.1) is 36.5 Å². The Kier molecular flexibility index (Phi) is 5.41. The first kappa shape index (κ1) is 19.6. The van der Waals surface area contributed by atoms with Crippen LogP contribution in [0.1, 0.15) is 54.0 Å². The third-order valence-electron chi connectivity index (χ3n) is 6.35. The van der Waals surface area contributed by atoms with Gasteiger partial charge in [0, 0.05) is 0 Å². The molecule has 29 heavy (non-hydrogen) atoms. The molecule has 0 spiro atoms. The molecule has 1 aliphatic carbocycles. The number of ether oxygens (including phenoxy) is 1. The lowest BCUT2D eigenvalue weighted by atomic mass is 9.92. The highest BCUT2D eigenvalue weighted by Crippen LogP contribution is 2.29. The number of hydrogen-bond acceptors (Lipinski definition) is 4. The molecule has 5 heteroatoms. The van der Waals surface area contributed by atoms with Crippen molar-refractivity contribution in [1.29, 1.82) is 0 Å². The van der Waals surface area contributed by atoms with E-state index in [-0.39, 0.29) is 11.6 Å². The third-order valence-corrected chi connectivity index (χ3v) is 6.35. The molecular formula is C24H28N2O3. The summed E-state index contributed by atoms with van der Waals surface area (Å²) >= 11 is 0. The number of aliphatic hydroxyl groups excluding tert-OH is 1. The Bertz CT molecular complexity index is 1090. The average molecular weight is 392 g/mol. The Morgan fingerprint density at radius 1 is 1.14 bits per heavy atom. The molecular weight excluding hydrogens is 364 g/mol. The zero-order chi connectivity index (χ0) is 20.5. The van der Waals surface area contributed by atoms with E-state index in [0.29, 0.717) is 5.39 Å². The van der Waals surface area contributed by atoms with Gasteiger partial charge in [-0.15, -0.1) is 0 Å².